The Morgan fingerprint density at radius 3 is 2.74 bits per heavy atom. The molecule has 1 heterocycles. The highest BCUT2D eigenvalue weighted by Gasteiger charge is 2.15. The molecule has 2 rings (SSSR count). The maximum Gasteiger partial charge on any atom is 0.339 e. The molecule has 6 nitrogen and oxygen atoms in total. The van der Waals surface area contributed by atoms with Crippen LogP contribution in [0.4, 0.5) is 11.5 Å². The number of aromatic carboxylic acids is 1. The van der Waals surface area contributed by atoms with Gasteiger partial charge in [0.1, 0.15) is 5.56 Å². The average molecular weight is 280 g/mol. The van der Waals surface area contributed by atoms with Crippen LogP contribution in [0.2, 0.25) is 5.02 Å². The molecule has 7 heteroatoms. The number of ether oxygens (including phenoxy) is 1. The van der Waals surface area contributed by atoms with Gasteiger partial charge in [-0.1, -0.05) is 23.7 Å². The second-order valence-corrected chi connectivity index (χ2v) is 3.97. The van der Waals surface area contributed by atoms with Crippen molar-refractivity contribution >= 4 is 29.1 Å². The van der Waals surface area contributed by atoms with E-state index in [1.807, 2.05) is 0 Å². The number of carboxylic acids is 1. The summed E-state index contributed by atoms with van der Waals surface area (Å²) in [5.41, 5.74) is 0.498. The number of hydrogen-bond acceptors (Lipinski definition) is 5. The molecule has 0 saturated carbocycles. The molecule has 0 bridgehead atoms. The predicted octanol–water partition coefficient (Wildman–Crippen LogP) is 2.58. The Balaban J connectivity index is 2.40. The number of hydrogen-bond donors (Lipinski definition) is 2. The zero-order valence-electron chi connectivity index (χ0n) is 9.92. The highest BCUT2D eigenvalue weighted by Crippen LogP contribution is 2.26. The first-order valence-electron chi connectivity index (χ1n) is 5.28. The van der Waals surface area contributed by atoms with Crippen molar-refractivity contribution in [1.29, 1.82) is 0 Å². The standard InChI is InChI=1S/C12H10ClN3O3/c1-19-10-6-7(12(17)18)11(16-15-10)14-9-5-3-2-4-8(9)13/h2-6H,1H3,(H,14,16)(H,17,18). The summed E-state index contributed by atoms with van der Waals surface area (Å²) >= 11 is 5.98. The van der Waals surface area contributed by atoms with Gasteiger partial charge in [-0.05, 0) is 12.1 Å². The van der Waals surface area contributed by atoms with Gasteiger partial charge in [0.2, 0.25) is 5.88 Å². The molecular formula is C12H10ClN3O3. The number of aromatic nitrogens is 2. The fourth-order valence-corrected chi connectivity index (χ4v) is 1.60. The second kappa shape index (κ2) is 5.53. The minimum Gasteiger partial charge on any atom is -0.480 e. The number of anilines is 2. The number of para-hydroxylation sites is 1. The highest BCUT2D eigenvalue weighted by molar-refractivity contribution is 6.33. The van der Waals surface area contributed by atoms with E-state index in [-0.39, 0.29) is 17.3 Å². The summed E-state index contributed by atoms with van der Waals surface area (Å²) in [5.74, 6) is -0.911. The molecule has 98 valence electrons. The summed E-state index contributed by atoms with van der Waals surface area (Å²) in [6, 6.07) is 8.21. The maximum absolute atomic E-state index is 11.2. The molecule has 0 amide bonds. The van der Waals surface area contributed by atoms with Gasteiger partial charge in [-0.2, -0.15) is 0 Å². The van der Waals surface area contributed by atoms with Crippen molar-refractivity contribution in [3.63, 3.8) is 0 Å². The zero-order valence-corrected chi connectivity index (χ0v) is 10.7. The van der Waals surface area contributed by atoms with E-state index in [1.165, 1.54) is 13.2 Å². The van der Waals surface area contributed by atoms with Crippen LogP contribution in [0.5, 0.6) is 5.88 Å². The van der Waals surface area contributed by atoms with Crippen LogP contribution in [0.15, 0.2) is 30.3 Å². The third-order valence-corrected chi connectivity index (χ3v) is 2.67. The van der Waals surface area contributed by atoms with Crippen molar-refractivity contribution in [2.24, 2.45) is 0 Å². The Bertz CT molecular complexity index is 619. The lowest BCUT2D eigenvalue weighted by atomic mass is 10.2. The molecule has 0 spiro atoms. The number of rotatable bonds is 4. The molecule has 1 aromatic carbocycles. The Kier molecular flexibility index (Phi) is 3.82. The van der Waals surface area contributed by atoms with Crippen molar-refractivity contribution in [3.8, 4) is 5.88 Å². The first kappa shape index (κ1) is 13.1. The fourth-order valence-electron chi connectivity index (χ4n) is 1.42. The number of nitrogens with one attached hydrogen (secondary N) is 1. The van der Waals surface area contributed by atoms with Gasteiger partial charge in [-0.15, -0.1) is 10.2 Å². The minimum atomic E-state index is -1.14. The van der Waals surface area contributed by atoms with E-state index in [4.69, 9.17) is 21.4 Å². The average Bonchev–Trinajstić information content (AvgIpc) is 2.41. The molecule has 1 aromatic heterocycles. The molecule has 0 atom stereocenters. The van der Waals surface area contributed by atoms with Gasteiger partial charge in [0, 0.05) is 6.07 Å². The molecule has 0 aliphatic heterocycles. The van der Waals surface area contributed by atoms with Crippen molar-refractivity contribution in [2.75, 3.05) is 12.4 Å². The summed E-state index contributed by atoms with van der Waals surface area (Å²) in [7, 11) is 1.39. The number of nitrogens with zero attached hydrogens (tertiary/aromatic N) is 2. The molecule has 0 fully saturated rings. The lowest BCUT2D eigenvalue weighted by Gasteiger charge is -2.09. The van der Waals surface area contributed by atoms with E-state index < -0.39 is 5.97 Å². The largest absolute Gasteiger partial charge is 0.480 e. The maximum atomic E-state index is 11.2. The van der Waals surface area contributed by atoms with Crippen molar-refractivity contribution in [3.05, 3.63) is 40.9 Å². The van der Waals surface area contributed by atoms with E-state index in [0.29, 0.717) is 10.7 Å². The fraction of sp³-hybridized carbons (Fsp3) is 0.0833. The molecule has 0 radical (unpaired) electrons. The molecule has 2 N–H and O–H groups in total. The van der Waals surface area contributed by atoms with Crippen LogP contribution < -0.4 is 10.1 Å². The van der Waals surface area contributed by atoms with E-state index in [2.05, 4.69) is 15.5 Å². The Labute approximate surface area is 114 Å². The smallest absolute Gasteiger partial charge is 0.339 e. The van der Waals surface area contributed by atoms with Crippen LogP contribution in [0.25, 0.3) is 0 Å². The van der Waals surface area contributed by atoms with Gasteiger partial charge in [0.15, 0.2) is 5.82 Å². The van der Waals surface area contributed by atoms with Gasteiger partial charge < -0.3 is 15.2 Å². The van der Waals surface area contributed by atoms with Gasteiger partial charge >= 0.3 is 5.97 Å². The van der Waals surface area contributed by atoms with Gasteiger partial charge in [0.25, 0.3) is 0 Å². The summed E-state index contributed by atoms with van der Waals surface area (Å²) in [4.78, 5) is 11.2. The van der Waals surface area contributed by atoms with Crippen LogP contribution in [-0.4, -0.2) is 28.4 Å². The molecule has 0 saturated heterocycles. The first-order chi connectivity index (χ1) is 9.11. The number of halogens is 1. The molecule has 0 aliphatic rings. The molecule has 0 unspecified atom stereocenters. The van der Waals surface area contributed by atoms with Crippen molar-refractivity contribution < 1.29 is 14.6 Å². The second-order valence-electron chi connectivity index (χ2n) is 3.56. The van der Waals surface area contributed by atoms with Crippen LogP contribution in [0.1, 0.15) is 10.4 Å². The minimum absolute atomic E-state index is 0.0493. The molecule has 19 heavy (non-hydrogen) atoms. The van der Waals surface area contributed by atoms with Crippen LogP contribution in [-0.2, 0) is 0 Å². The van der Waals surface area contributed by atoms with E-state index in [1.54, 1.807) is 24.3 Å². The van der Waals surface area contributed by atoms with Crippen molar-refractivity contribution in [2.45, 2.75) is 0 Å². The van der Waals surface area contributed by atoms with Crippen LogP contribution in [0.3, 0.4) is 0 Å². The van der Waals surface area contributed by atoms with E-state index >= 15 is 0 Å². The van der Waals surface area contributed by atoms with E-state index in [9.17, 15) is 4.79 Å². The predicted molar refractivity (Wildman–Crippen MR) is 70.3 cm³/mol. The van der Waals surface area contributed by atoms with Gasteiger partial charge in [-0.3, -0.25) is 0 Å². The number of carboxylic acid groups (broad SMARTS) is 1. The lowest BCUT2D eigenvalue weighted by molar-refractivity contribution is 0.0697. The quantitative estimate of drug-likeness (QED) is 0.895. The normalized spacial score (nSPS) is 10.0. The zero-order chi connectivity index (χ0) is 13.8. The summed E-state index contributed by atoms with van der Waals surface area (Å²) in [6.07, 6.45) is 0. The number of benzene rings is 1. The monoisotopic (exact) mass is 279 g/mol. The first-order valence-corrected chi connectivity index (χ1v) is 5.66. The highest BCUT2D eigenvalue weighted by atomic mass is 35.5. The SMILES string of the molecule is COc1cc(C(=O)O)c(Nc2ccccc2Cl)nn1. The topological polar surface area (TPSA) is 84.3 Å². The third-order valence-electron chi connectivity index (χ3n) is 2.34. The molecule has 0 aliphatic carbocycles. The lowest BCUT2D eigenvalue weighted by Crippen LogP contribution is -2.07. The van der Waals surface area contributed by atoms with E-state index in [0.717, 1.165) is 0 Å². The van der Waals surface area contributed by atoms with Crippen molar-refractivity contribution in [1.82, 2.24) is 10.2 Å². The molecule has 2 aromatic rings. The van der Waals surface area contributed by atoms with Gasteiger partial charge in [-0.25, -0.2) is 4.79 Å². The van der Waals surface area contributed by atoms with Crippen LogP contribution in [0, 0.1) is 0 Å². The number of carbonyl (C=O) groups is 1. The Morgan fingerprint density at radius 2 is 2.11 bits per heavy atom. The third kappa shape index (κ3) is 2.92. The summed E-state index contributed by atoms with van der Waals surface area (Å²) in [6.45, 7) is 0. The van der Waals surface area contributed by atoms with Crippen LogP contribution >= 0.6 is 11.6 Å². The summed E-state index contributed by atoms with van der Waals surface area (Å²) < 4.78 is 4.84. The van der Waals surface area contributed by atoms with Gasteiger partial charge in [0.05, 0.1) is 17.8 Å². The summed E-state index contributed by atoms with van der Waals surface area (Å²) in [5, 5.41) is 19.9. The molecular weight excluding hydrogens is 270 g/mol. The Hall–Kier alpha value is -2.34. The number of methoxy groups -OCH3 is 1. The Morgan fingerprint density at radius 1 is 1.37 bits per heavy atom.